The zero-order valence-corrected chi connectivity index (χ0v) is 12.9. The molecule has 0 amide bonds. The number of nitrogens with zero attached hydrogens (tertiary/aromatic N) is 1. The van der Waals surface area contributed by atoms with E-state index in [2.05, 4.69) is 33.0 Å². The van der Waals surface area contributed by atoms with Crippen molar-refractivity contribution >= 4 is 27.5 Å². The van der Waals surface area contributed by atoms with E-state index < -0.39 is 0 Å². The van der Waals surface area contributed by atoms with Crippen LogP contribution in [0.3, 0.4) is 0 Å². The van der Waals surface area contributed by atoms with Crippen molar-refractivity contribution in [2.24, 2.45) is 5.73 Å². The van der Waals surface area contributed by atoms with Gasteiger partial charge in [-0.2, -0.15) is 0 Å². The van der Waals surface area contributed by atoms with E-state index in [1.807, 2.05) is 24.3 Å². The highest BCUT2D eigenvalue weighted by molar-refractivity contribution is 9.10. The van der Waals surface area contributed by atoms with Gasteiger partial charge in [-0.25, -0.2) is 0 Å². The van der Waals surface area contributed by atoms with Crippen molar-refractivity contribution in [1.82, 2.24) is 4.98 Å². The molecule has 2 aromatic rings. The van der Waals surface area contributed by atoms with E-state index in [-0.39, 0.29) is 6.04 Å². The molecule has 0 radical (unpaired) electrons. The minimum atomic E-state index is 0.0739. The highest BCUT2D eigenvalue weighted by Gasteiger charge is 2.06. The highest BCUT2D eigenvalue weighted by atomic mass is 79.9. The number of pyridine rings is 1. The molecule has 0 saturated carbocycles. The number of benzene rings is 1. The van der Waals surface area contributed by atoms with Crippen LogP contribution < -0.4 is 5.73 Å². The predicted molar refractivity (Wildman–Crippen MR) is 83.3 cm³/mol. The van der Waals surface area contributed by atoms with Gasteiger partial charge in [0.1, 0.15) is 0 Å². The van der Waals surface area contributed by atoms with Gasteiger partial charge in [0.15, 0.2) is 0 Å². The Kier molecular flexibility index (Phi) is 5.37. The van der Waals surface area contributed by atoms with Crippen LogP contribution in [-0.4, -0.2) is 4.98 Å². The van der Waals surface area contributed by atoms with Crippen LogP contribution in [0.25, 0.3) is 0 Å². The van der Waals surface area contributed by atoms with Crippen molar-refractivity contribution in [3.05, 3.63) is 63.3 Å². The van der Waals surface area contributed by atoms with Crippen LogP contribution in [0, 0.1) is 0 Å². The summed E-state index contributed by atoms with van der Waals surface area (Å²) >= 11 is 9.27. The smallest absolute Gasteiger partial charge is 0.0589 e. The SMILES string of the molecule is NC(CCCc1ccc(Cl)cn1)c1cccc(Br)c1. The van der Waals surface area contributed by atoms with E-state index in [0.717, 1.165) is 29.4 Å². The van der Waals surface area contributed by atoms with Crippen molar-refractivity contribution in [2.75, 3.05) is 0 Å². The van der Waals surface area contributed by atoms with Crippen molar-refractivity contribution in [1.29, 1.82) is 0 Å². The van der Waals surface area contributed by atoms with Gasteiger partial charge in [0.25, 0.3) is 0 Å². The van der Waals surface area contributed by atoms with Gasteiger partial charge in [-0.1, -0.05) is 39.7 Å². The molecular weight excluding hydrogens is 324 g/mol. The largest absolute Gasteiger partial charge is 0.324 e. The fourth-order valence-corrected chi connectivity index (χ4v) is 2.49. The first-order valence-electron chi connectivity index (χ1n) is 6.26. The van der Waals surface area contributed by atoms with Gasteiger partial charge < -0.3 is 5.73 Å². The number of nitrogens with two attached hydrogens (primary N) is 1. The molecule has 2 rings (SSSR count). The fourth-order valence-electron chi connectivity index (χ4n) is 1.96. The van der Waals surface area contributed by atoms with E-state index in [0.29, 0.717) is 5.02 Å². The van der Waals surface area contributed by atoms with Crippen molar-refractivity contribution in [3.8, 4) is 0 Å². The second-order valence-electron chi connectivity index (χ2n) is 4.52. The summed E-state index contributed by atoms with van der Waals surface area (Å²) in [6, 6.07) is 12.1. The topological polar surface area (TPSA) is 38.9 Å². The molecule has 0 bridgehead atoms. The van der Waals surface area contributed by atoms with Crippen LogP contribution in [0.4, 0.5) is 0 Å². The maximum atomic E-state index is 6.19. The Morgan fingerprint density at radius 3 is 2.79 bits per heavy atom. The first-order valence-corrected chi connectivity index (χ1v) is 7.44. The van der Waals surface area contributed by atoms with Gasteiger partial charge in [-0.3, -0.25) is 4.98 Å². The molecule has 0 saturated heterocycles. The molecule has 0 aliphatic heterocycles. The Morgan fingerprint density at radius 1 is 1.26 bits per heavy atom. The maximum Gasteiger partial charge on any atom is 0.0589 e. The number of hydrogen-bond donors (Lipinski definition) is 1. The minimum absolute atomic E-state index is 0.0739. The third-order valence-electron chi connectivity index (χ3n) is 3.01. The van der Waals surface area contributed by atoms with E-state index >= 15 is 0 Å². The summed E-state index contributed by atoms with van der Waals surface area (Å²) in [6.45, 7) is 0. The number of aryl methyl sites for hydroxylation is 1. The summed E-state index contributed by atoms with van der Waals surface area (Å²) in [7, 11) is 0. The molecule has 4 heteroatoms. The molecule has 0 spiro atoms. The maximum absolute atomic E-state index is 6.19. The van der Waals surface area contributed by atoms with Crippen LogP contribution in [0.5, 0.6) is 0 Å². The lowest BCUT2D eigenvalue weighted by molar-refractivity contribution is 0.607. The lowest BCUT2D eigenvalue weighted by Crippen LogP contribution is -2.10. The first kappa shape index (κ1) is 14.5. The number of rotatable bonds is 5. The third kappa shape index (κ3) is 4.60. The molecule has 100 valence electrons. The van der Waals surface area contributed by atoms with Gasteiger partial charge in [0.2, 0.25) is 0 Å². The summed E-state index contributed by atoms with van der Waals surface area (Å²) in [5.41, 5.74) is 8.42. The lowest BCUT2D eigenvalue weighted by atomic mass is 10.0. The third-order valence-corrected chi connectivity index (χ3v) is 3.73. The second kappa shape index (κ2) is 7.04. The lowest BCUT2D eigenvalue weighted by Gasteiger charge is -2.12. The number of hydrogen-bond acceptors (Lipinski definition) is 2. The van der Waals surface area contributed by atoms with E-state index in [9.17, 15) is 0 Å². The molecule has 0 aliphatic rings. The molecule has 2 N–H and O–H groups in total. The first-order chi connectivity index (χ1) is 9.15. The van der Waals surface area contributed by atoms with Gasteiger partial charge in [-0.15, -0.1) is 0 Å². The molecular formula is C15H16BrClN2. The summed E-state index contributed by atoms with van der Waals surface area (Å²) in [6.07, 6.45) is 4.58. The molecule has 19 heavy (non-hydrogen) atoms. The molecule has 1 aromatic carbocycles. The molecule has 0 fully saturated rings. The van der Waals surface area contributed by atoms with Crippen LogP contribution in [0.15, 0.2) is 47.1 Å². The van der Waals surface area contributed by atoms with Crippen molar-refractivity contribution in [3.63, 3.8) is 0 Å². The number of halogens is 2. The predicted octanol–water partition coefficient (Wildman–Crippen LogP) is 4.52. The Bertz CT molecular complexity index is 528. The zero-order chi connectivity index (χ0) is 13.7. The molecule has 1 atom stereocenters. The van der Waals surface area contributed by atoms with Gasteiger partial charge in [-0.05, 0) is 49.1 Å². The fraction of sp³-hybridized carbons (Fsp3) is 0.267. The Hall–Kier alpha value is -0.900. The highest BCUT2D eigenvalue weighted by Crippen LogP contribution is 2.20. The second-order valence-corrected chi connectivity index (χ2v) is 5.87. The molecule has 1 aromatic heterocycles. The zero-order valence-electron chi connectivity index (χ0n) is 10.5. The van der Waals surface area contributed by atoms with Gasteiger partial charge in [0.05, 0.1) is 5.02 Å². The van der Waals surface area contributed by atoms with Crippen LogP contribution in [0.1, 0.15) is 30.1 Å². The molecule has 1 unspecified atom stereocenters. The van der Waals surface area contributed by atoms with Crippen LogP contribution >= 0.6 is 27.5 Å². The average Bonchev–Trinajstić information content (AvgIpc) is 2.41. The Balaban J connectivity index is 1.84. The van der Waals surface area contributed by atoms with Gasteiger partial charge in [0, 0.05) is 22.4 Å². The number of aromatic nitrogens is 1. The summed E-state index contributed by atoms with van der Waals surface area (Å²) in [5, 5.41) is 0.676. The molecule has 0 aliphatic carbocycles. The summed E-state index contributed by atoms with van der Waals surface area (Å²) < 4.78 is 1.07. The monoisotopic (exact) mass is 338 g/mol. The summed E-state index contributed by atoms with van der Waals surface area (Å²) in [4.78, 5) is 4.28. The quantitative estimate of drug-likeness (QED) is 0.870. The molecule has 2 nitrogen and oxygen atoms in total. The van der Waals surface area contributed by atoms with E-state index in [1.165, 1.54) is 5.56 Å². The average molecular weight is 340 g/mol. The molecule has 1 heterocycles. The minimum Gasteiger partial charge on any atom is -0.324 e. The Labute approximate surface area is 127 Å². The Morgan fingerprint density at radius 2 is 2.11 bits per heavy atom. The van der Waals surface area contributed by atoms with E-state index in [1.54, 1.807) is 6.20 Å². The normalized spacial score (nSPS) is 12.4. The summed E-state index contributed by atoms with van der Waals surface area (Å²) in [5.74, 6) is 0. The van der Waals surface area contributed by atoms with Crippen LogP contribution in [0.2, 0.25) is 5.02 Å². The van der Waals surface area contributed by atoms with Crippen LogP contribution in [-0.2, 0) is 6.42 Å². The van der Waals surface area contributed by atoms with E-state index in [4.69, 9.17) is 17.3 Å². The van der Waals surface area contributed by atoms with Gasteiger partial charge >= 0.3 is 0 Å². The van der Waals surface area contributed by atoms with Crippen molar-refractivity contribution < 1.29 is 0 Å². The standard InChI is InChI=1S/C15H16BrClN2/c16-12-4-1-3-11(9-12)15(18)6-2-5-14-8-7-13(17)10-19-14/h1,3-4,7-10,15H,2,5-6,18H2. The van der Waals surface area contributed by atoms with Crippen molar-refractivity contribution in [2.45, 2.75) is 25.3 Å².